The molecule has 19 heavy (non-hydrogen) atoms. The van der Waals surface area contributed by atoms with Crippen LogP contribution < -0.4 is 0 Å². The van der Waals surface area contributed by atoms with Gasteiger partial charge in [-0.25, -0.2) is 0 Å². The van der Waals surface area contributed by atoms with Gasteiger partial charge in [-0.3, -0.25) is 0 Å². The van der Waals surface area contributed by atoms with Crippen molar-refractivity contribution in [3.63, 3.8) is 0 Å². The van der Waals surface area contributed by atoms with E-state index < -0.39 is 10.3 Å². The fourth-order valence-electron chi connectivity index (χ4n) is 1.46. The van der Waals surface area contributed by atoms with Crippen LogP contribution in [0.15, 0.2) is 29.3 Å². The van der Waals surface area contributed by atoms with E-state index in [9.17, 15) is 0 Å². The van der Waals surface area contributed by atoms with Crippen molar-refractivity contribution in [1.29, 1.82) is 0 Å². The maximum Gasteiger partial charge on any atom is 0.0849 e. The van der Waals surface area contributed by atoms with E-state index in [0.717, 1.165) is 10.0 Å². The number of benzene rings is 1. The van der Waals surface area contributed by atoms with Crippen molar-refractivity contribution in [2.75, 3.05) is 12.5 Å². The second-order valence-electron chi connectivity index (χ2n) is 6.19. The molecule has 0 spiro atoms. The van der Waals surface area contributed by atoms with Crippen LogP contribution in [0.25, 0.3) is 5.57 Å². The lowest BCUT2D eigenvalue weighted by molar-refractivity contribution is 0.338. The molecule has 0 saturated heterocycles. The Bertz CT molecular complexity index is 472. The molecule has 108 valence electrons. The Morgan fingerprint density at radius 2 is 1.89 bits per heavy atom. The average Bonchev–Trinajstić information content (AvgIpc) is 2.25. The molecule has 1 aromatic carbocycles. The molecule has 1 nitrogen and oxygen atoms in total. The SMILES string of the molecule is C=C(C)c1cc(Br)ccc1COS(C)(C)C(C)(C)C. The molecule has 1 aromatic rings. The summed E-state index contributed by atoms with van der Waals surface area (Å²) in [5.41, 5.74) is 3.46. The van der Waals surface area contributed by atoms with E-state index in [1.54, 1.807) is 0 Å². The Kier molecular flexibility index (Phi) is 5.33. The Labute approximate surface area is 128 Å². The topological polar surface area (TPSA) is 9.23 Å². The molecule has 3 heteroatoms. The van der Waals surface area contributed by atoms with Gasteiger partial charge in [-0.1, -0.05) is 54.9 Å². The summed E-state index contributed by atoms with van der Waals surface area (Å²) in [6.07, 6.45) is 4.46. The second kappa shape index (κ2) is 6.02. The number of halogens is 1. The van der Waals surface area contributed by atoms with E-state index in [1.165, 1.54) is 11.1 Å². The molecule has 0 heterocycles. The van der Waals surface area contributed by atoms with Crippen molar-refractivity contribution in [3.05, 3.63) is 40.4 Å². The summed E-state index contributed by atoms with van der Waals surface area (Å²) >= 11 is 3.51. The van der Waals surface area contributed by atoms with Gasteiger partial charge in [0.1, 0.15) is 0 Å². The molecule has 0 aliphatic heterocycles. The summed E-state index contributed by atoms with van der Waals surface area (Å²) in [6, 6.07) is 6.29. The van der Waals surface area contributed by atoms with Crippen molar-refractivity contribution < 1.29 is 4.18 Å². The van der Waals surface area contributed by atoms with E-state index in [-0.39, 0.29) is 4.75 Å². The first-order valence-electron chi connectivity index (χ1n) is 6.36. The van der Waals surface area contributed by atoms with Crippen LogP contribution >= 0.6 is 26.2 Å². The first-order valence-corrected chi connectivity index (χ1v) is 9.53. The summed E-state index contributed by atoms with van der Waals surface area (Å²) in [4.78, 5) is 0. The zero-order valence-electron chi connectivity index (χ0n) is 12.8. The van der Waals surface area contributed by atoms with Gasteiger partial charge in [0, 0.05) is 9.22 Å². The predicted molar refractivity (Wildman–Crippen MR) is 92.8 cm³/mol. The first kappa shape index (κ1) is 16.8. The van der Waals surface area contributed by atoms with Crippen LogP contribution in [0, 0.1) is 0 Å². The normalized spacial score (nSPS) is 13.4. The predicted octanol–water partition coefficient (Wildman–Crippen LogP) is 5.78. The van der Waals surface area contributed by atoms with Gasteiger partial charge in [0.05, 0.1) is 6.61 Å². The summed E-state index contributed by atoms with van der Waals surface area (Å²) in [5.74, 6) is 0. The molecular formula is C16H25BrOS. The Morgan fingerprint density at radius 3 is 2.37 bits per heavy atom. The maximum atomic E-state index is 6.24. The minimum Gasteiger partial charge on any atom is -0.332 e. The highest BCUT2D eigenvalue weighted by Gasteiger charge is 2.28. The molecule has 0 bridgehead atoms. The third-order valence-electron chi connectivity index (χ3n) is 3.52. The highest BCUT2D eigenvalue weighted by molar-refractivity contribution is 9.10. The third-order valence-corrected chi connectivity index (χ3v) is 7.67. The molecule has 0 aliphatic rings. The molecule has 0 aromatic heterocycles. The summed E-state index contributed by atoms with van der Waals surface area (Å²) in [6.45, 7) is 13.5. The van der Waals surface area contributed by atoms with E-state index in [2.05, 4.69) is 74.0 Å². The minimum atomic E-state index is -1.09. The van der Waals surface area contributed by atoms with Crippen LogP contribution in [-0.4, -0.2) is 17.3 Å². The molecule has 0 amide bonds. The van der Waals surface area contributed by atoms with Gasteiger partial charge in [0.25, 0.3) is 0 Å². The number of hydrogen-bond acceptors (Lipinski definition) is 1. The van der Waals surface area contributed by atoms with Gasteiger partial charge in [0.2, 0.25) is 0 Å². The Morgan fingerprint density at radius 1 is 1.32 bits per heavy atom. The van der Waals surface area contributed by atoms with E-state index in [4.69, 9.17) is 4.18 Å². The van der Waals surface area contributed by atoms with E-state index in [1.807, 2.05) is 6.92 Å². The van der Waals surface area contributed by atoms with Gasteiger partial charge in [-0.05, 0) is 42.7 Å². The van der Waals surface area contributed by atoms with Crippen LogP contribution in [0.1, 0.15) is 38.8 Å². The fraction of sp³-hybridized carbons (Fsp3) is 0.500. The highest BCUT2D eigenvalue weighted by Crippen LogP contribution is 2.54. The van der Waals surface area contributed by atoms with Crippen molar-refractivity contribution in [2.24, 2.45) is 0 Å². The second-order valence-corrected chi connectivity index (χ2v) is 11.0. The Balaban J connectivity index is 2.93. The van der Waals surface area contributed by atoms with Crippen molar-refractivity contribution in [1.82, 2.24) is 0 Å². The summed E-state index contributed by atoms with van der Waals surface area (Å²) in [7, 11) is -1.09. The molecule has 0 saturated carbocycles. The highest BCUT2D eigenvalue weighted by atomic mass is 79.9. The smallest absolute Gasteiger partial charge is 0.0849 e. The monoisotopic (exact) mass is 344 g/mol. The molecule has 0 atom stereocenters. The van der Waals surface area contributed by atoms with Crippen LogP contribution in [0.3, 0.4) is 0 Å². The van der Waals surface area contributed by atoms with Gasteiger partial charge in [-0.2, -0.15) is 0 Å². The van der Waals surface area contributed by atoms with Gasteiger partial charge >= 0.3 is 0 Å². The maximum absolute atomic E-state index is 6.24. The molecule has 0 N–H and O–H groups in total. The average molecular weight is 345 g/mol. The quantitative estimate of drug-likeness (QED) is 0.672. The third kappa shape index (κ3) is 4.37. The Hall–Kier alpha value is -0.250. The van der Waals surface area contributed by atoms with Crippen LogP contribution in [-0.2, 0) is 10.8 Å². The van der Waals surface area contributed by atoms with Gasteiger partial charge in [0.15, 0.2) is 0 Å². The summed E-state index contributed by atoms with van der Waals surface area (Å²) in [5, 5.41) is 0. The van der Waals surface area contributed by atoms with E-state index >= 15 is 0 Å². The lowest BCUT2D eigenvalue weighted by Crippen LogP contribution is -2.25. The van der Waals surface area contributed by atoms with Crippen molar-refractivity contribution >= 4 is 31.8 Å². The number of allylic oxidation sites excluding steroid dienone is 1. The van der Waals surface area contributed by atoms with Gasteiger partial charge < -0.3 is 4.18 Å². The van der Waals surface area contributed by atoms with Crippen molar-refractivity contribution in [3.8, 4) is 0 Å². The molecule has 0 unspecified atom stereocenters. The fourth-order valence-corrected chi connectivity index (χ4v) is 2.60. The van der Waals surface area contributed by atoms with Gasteiger partial charge in [-0.15, -0.1) is 10.3 Å². The van der Waals surface area contributed by atoms with Crippen LogP contribution in [0.5, 0.6) is 0 Å². The molecular weight excluding hydrogens is 320 g/mol. The van der Waals surface area contributed by atoms with Crippen molar-refractivity contribution in [2.45, 2.75) is 39.0 Å². The molecule has 0 aliphatic carbocycles. The number of hydrogen-bond donors (Lipinski definition) is 0. The molecule has 0 fully saturated rings. The lowest BCUT2D eigenvalue weighted by atomic mass is 10.0. The van der Waals surface area contributed by atoms with Crippen LogP contribution in [0.4, 0.5) is 0 Å². The largest absolute Gasteiger partial charge is 0.332 e. The van der Waals surface area contributed by atoms with Crippen LogP contribution in [0.2, 0.25) is 0 Å². The number of rotatable bonds is 4. The van der Waals surface area contributed by atoms with E-state index in [0.29, 0.717) is 6.61 Å². The molecule has 0 radical (unpaired) electrons. The first-order chi connectivity index (χ1) is 8.54. The standard InChI is InChI=1S/C16H25BrOS/c1-12(2)15-10-14(17)9-8-13(15)11-18-19(6,7)16(3,4)5/h8-10H,1,11H2,2-7H3. The lowest BCUT2D eigenvalue weighted by Gasteiger charge is -2.43. The summed E-state index contributed by atoms with van der Waals surface area (Å²) < 4.78 is 7.50. The minimum absolute atomic E-state index is 0.186. The zero-order valence-corrected chi connectivity index (χ0v) is 15.2. The zero-order chi connectivity index (χ0) is 14.8. The molecule has 1 rings (SSSR count).